The first-order valence-corrected chi connectivity index (χ1v) is 6.53. The van der Waals surface area contributed by atoms with Crippen LogP contribution in [0.25, 0.3) is 10.9 Å². The van der Waals surface area contributed by atoms with Crippen molar-refractivity contribution in [2.45, 2.75) is 13.0 Å². The van der Waals surface area contributed by atoms with Crippen molar-refractivity contribution in [2.24, 2.45) is 0 Å². The minimum Gasteiger partial charge on any atom is -0.347 e. The Balaban J connectivity index is 1.87. The van der Waals surface area contributed by atoms with Crippen LogP contribution in [-0.2, 0) is 13.0 Å². The van der Waals surface area contributed by atoms with Gasteiger partial charge in [0, 0.05) is 12.7 Å². The van der Waals surface area contributed by atoms with Gasteiger partial charge in [-0.2, -0.15) is 11.3 Å². The highest BCUT2D eigenvalue weighted by molar-refractivity contribution is 7.07. The lowest BCUT2D eigenvalue weighted by atomic mass is 10.2. The Kier molecular flexibility index (Phi) is 2.69. The second-order valence-electron chi connectivity index (χ2n) is 4.09. The van der Waals surface area contributed by atoms with Gasteiger partial charge in [0.15, 0.2) is 0 Å². The predicted molar refractivity (Wildman–Crippen MR) is 69.9 cm³/mol. The van der Waals surface area contributed by atoms with Crippen LogP contribution in [0.5, 0.6) is 0 Å². The molecule has 0 aliphatic carbocycles. The Labute approximate surface area is 103 Å². The summed E-state index contributed by atoms with van der Waals surface area (Å²) in [5.74, 6) is -0.173. The average Bonchev–Trinajstić information content (AvgIpc) is 2.94. The zero-order valence-electron chi connectivity index (χ0n) is 9.27. The fourth-order valence-electron chi connectivity index (χ4n) is 2.04. The van der Waals surface area contributed by atoms with E-state index in [1.165, 1.54) is 11.6 Å². The fraction of sp³-hybridized carbons (Fsp3) is 0.143. The molecule has 1 aromatic carbocycles. The van der Waals surface area contributed by atoms with Crippen molar-refractivity contribution in [3.63, 3.8) is 0 Å². The molecule has 0 spiro atoms. The molecule has 3 heteroatoms. The van der Waals surface area contributed by atoms with E-state index < -0.39 is 0 Å². The minimum absolute atomic E-state index is 0.173. The van der Waals surface area contributed by atoms with Crippen molar-refractivity contribution in [1.29, 1.82) is 0 Å². The van der Waals surface area contributed by atoms with Crippen LogP contribution in [0.1, 0.15) is 5.56 Å². The molecule has 86 valence electrons. The Morgan fingerprint density at radius 3 is 2.94 bits per heavy atom. The monoisotopic (exact) mass is 245 g/mol. The first-order chi connectivity index (χ1) is 8.33. The number of halogens is 1. The third kappa shape index (κ3) is 2.11. The van der Waals surface area contributed by atoms with Crippen LogP contribution in [0.4, 0.5) is 4.39 Å². The van der Waals surface area contributed by atoms with Crippen molar-refractivity contribution >= 4 is 22.2 Å². The normalized spacial score (nSPS) is 11.1. The van der Waals surface area contributed by atoms with Gasteiger partial charge in [-0.25, -0.2) is 4.39 Å². The highest BCUT2D eigenvalue weighted by atomic mass is 32.1. The Bertz CT molecular complexity index is 625. The molecule has 0 fully saturated rings. The van der Waals surface area contributed by atoms with Crippen molar-refractivity contribution in [3.05, 3.63) is 58.7 Å². The summed E-state index contributed by atoms with van der Waals surface area (Å²) >= 11 is 1.71. The molecule has 0 saturated heterocycles. The summed E-state index contributed by atoms with van der Waals surface area (Å²) in [4.78, 5) is 0. The van der Waals surface area contributed by atoms with Crippen LogP contribution < -0.4 is 0 Å². The molecule has 3 rings (SSSR count). The topological polar surface area (TPSA) is 4.93 Å². The van der Waals surface area contributed by atoms with Crippen LogP contribution in [0, 0.1) is 5.82 Å². The van der Waals surface area contributed by atoms with E-state index in [0.29, 0.717) is 0 Å². The van der Waals surface area contributed by atoms with Gasteiger partial charge in [0.05, 0.1) is 5.52 Å². The summed E-state index contributed by atoms with van der Waals surface area (Å²) in [7, 11) is 0. The summed E-state index contributed by atoms with van der Waals surface area (Å²) in [6.07, 6.45) is 3.01. The van der Waals surface area contributed by atoms with Crippen molar-refractivity contribution < 1.29 is 4.39 Å². The first kappa shape index (κ1) is 10.5. The smallest absolute Gasteiger partial charge is 0.125 e. The van der Waals surface area contributed by atoms with Crippen LogP contribution >= 0.6 is 11.3 Å². The van der Waals surface area contributed by atoms with E-state index in [1.54, 1.807) is 17.4 Å². The Morgan fingerprint density at radius 1 is 1.18 bits per heavy atom. The average molecular weight is 245 g/mol. The van der Waals surface area contributed by atoms with Crippen LogP contribution in [0.15, 0.2) is 47.3 Å². The lowest BCUT2D eigenvalue weighted by Crippen LogP contribution is -1.98. The summed E-state index contributed by atoms with van der Waals surface area (Å²) in [5, 5.41) is 5.34. The number of benzene rings is 1. The number of hydrogen-bond donors (Lipinski definition) is 0. The molecule has 2 aromatic heterocycles. The molecule has 0 atom stereocenters. The zero-order chi connectivity index (χ0) is 11.7. The van der Waals surface area contributed by atoms with E-state index in [4.69, 9.17) is 0 Å². The van der Waals surface area contributed by atoms with Gasteiger partial charge in [-0.15, -0.1) is 0 Å². The van der Waals surface area contributed by atoms with Gasteiger partial charge in [0.25, 0.3) is 0 Å². The maximum Gasteiger partial charge on any atom is 0.125 e. The molecule has 0 radical (unpaired) electrons. The number of aryl methyl sites for hydroxylation is 2. The number of thiophene rings is 1. The van der Waals surface area contributed by atoms with Gasteiger partial charge in [0.2, 0.25) is 0 Å². The van der Waals surface area contributed by atoms with E-state index >= 15 is 0 Å². The van der Waals surface area contributed by atoms with E-state index in [2.05, 4.69) is 21.4 Å². The van der Waals surface area contributed by atoms with Crippen LogP contribution in [-0.4, -0.2) is 4.57 Å². The second-order valence-corrected chi connectivity index (χ2v) is 4.87. The second kappa shape index (κ2) is 4.34. The number of fused-ring (bicyclic) bond motifs is 1. The van der Waals surface area contributed by atoms with E-state index in [1.807, 2.05) is 18.3 Å². The van der Waals surface area contributed by atoms with Gasteiger partial charge in [-0.05, 0) is 58.5 Å². The first-order valence-electron chi connectivity index (χ1n) is 5.58. The lowest BCUT2D eigenvalue weighted by Gasteiger charge is -2.04. The van der Waals surface area contributed by atoms with Crippen LogP contribution in [0.3, 0.4) is 0 Å². The molecule has 1 nitrogen and oxygen atoms in total. The molecule has 17 heavy (non-hydrogen) atoms. The van der Waals surface area contributed by atoms with Crippen molar-refractivity contribution in [1.82, 2.24) is 4.57 Å². The SMILES string of the molecule is Fc1ccc2ccn(CCc3ccsc3)c2c1. The number of aromatic nitrogens is 1. The zero-order valence-corrected chi connectivity index (χ0v) is 10.1. The van der Waals surface area contributed by atoms with Gasteiger partial charge in [0.1, 0.15) is 5.82 Å². The van der Waals surface area contributed by atoms with Crippen molar-refractivity contribution in [3.8, 4) is 0 Å². The summed E-state index contributed by atoms with van der Waals surface area (Å²) in [6, 6.07) is 9.10. The van der Waals surface area contributed by atoms with Gasteiger partial charge in [-0.3, -0.25) is 0 Å². The third-order valence-electron chi connectivity index (χ3n) is 2.96. The predicted octanol–water partition coefficient (Wildman–Crippen LogP) is 4.08. The Hall–Kier alpha value is -1.61. The highest BCUT2D eigenvalue weighted by Gasteiger charge is 2.02. The molecule has 0 unspecified atom stereocenters. The molecule has 0 amide bonds. The van der Waals surface area contributed by atoms with Gasteiger partial charge >= 0.3 is 0 Å². The third-order valence-corrected chi connectivity index (χ3v) is 3.69. The quantitative estimate of drug-likeness (QED) is 0.655. The Morgan fingerprint density at radius 2 is 2.12 bits per heavy atom. The summed E-state index contributed by atoms with van der Waals surface area (Å²) < 4.78 is 15.3. The molecular weight excluding hydrogens is 233 g/mol. The van der Waals surface area contributed by atoms with E-state index in [9.17, 15) is 4.39 Å². The maximum absolute atomic E-state index is 13.2. The minimum atomic E-state index is -0.173. The standard InChI is InChI=1S/C14H12FNS/c15-13-2-1-12-4-7-16(14(12)9-13)6-3-11-5-8-17-10-11/h1-2,4-5,7-10H,3,6H2. The van der Waals surface area contributed by atoms with E-state index in [0.717, 1.165) is 23.9 Å². The molecule has 2 heterocycles. The fourth-order valence-corrected chi connectivity index (χ4v) is 2.74. The van der Waals surface area contributed by atoms with Crippen molar-refractivity contribution in [2.75, 3.05) is 0 Å². The maximum atomic E-state index is 13.2. The van der Waals surface area contributed by atoms with E-state index in [-0.39, 0.29) is 5.82 Å². The molecule has 0 aliphatic rings. The molecule has 0 saturated carbocycles. The van der Waals surface area contributed by atoms with Gasteiger partial charge < -0.3 is 4.57 Å². The molecule has 0 aliphatic heterocycles. The molecule has 0 N–H and O–H groups in total. The number of nitrogens with zero attached hydrogens (tertiary/aromatic N) is 1. The molecule has 0 bridgehead atoms. The van der Waals surface area contributed by atoms with Gasteiger partial charge in [-0.1, -0.05) is 0 Å². The highest BCUT2D eigenvalue weighted by Crippen LogP contribution is 2.18. The summed E-state index contributed by atoms with van der Waals surface area (Å²) in [6.45, 7) is 0.893. The van der Waals surface area contributed by atoms with Crippen LogP contribution in [0.2, 0.25) is 0 Å². The lowest BCUT2D eigenvalue weighted by molar-refractivity contribution is 0.627. The molecule has 3 aromatic rings. The molecular formula is C14H12FNS. The summed E-state index contributed by atoms with van der Waals surface area (Å²) in [5.41, 5.74) is 2.31. The largest absolute Gasteiger partial charge is 0.347 e. The number of rotatable bonds is 3. The number of hydrogen-bond acceptors (Lipinski definition) is 1.